The van der Waals surface area contributed by atoms with Crippen molar-refractivity contribution in [3.63, 3.8) is 0 Å². The van der Waals surface area contributed by atoms with Crippen molar-refractivity contribution < 1.29 is 0 Å². The first kappa shape index (κ1) is 11.2. The van der Waals surface area contributed by atoms with Crippen LogP contribution in [-0.4, -0.2) is 9.78 Å². The van der Waals surface area contributed by atoms with Crippen molar-refractivity contribution in [2.45, 2.75) is 39.0 Å². The second-order valence-corrected chi connectivity index (χ2v) is 5.25. The van der Waals surface area contributed by atoms with Crippen LogP contribution in [-0.2, 0) is 13.5 Å². The van der Waals surface area contributed by atoms with Gasteiger partial charge in [0.1, 0.15) is 0 Å². The van der Waals surface area contributed by atoms with E-state index in [0.29, 0.717) is 5.92 Å². The number of nitrogens with zero attached hydrogens (tertiary/aromatic N) is 3. The third-order valence-electron chi connectivity index (χ3n) is 3.62. The molecule has 86 valence electrons. The Balaban J connectivity index is 2.13. The van der Waals surface area contributed by atoms with Crippen LogP contribution in [0.25, 0.3) is 0 Å². The fraction of sp³-hybridized carbons (Fsp3) is 0.692. The average Bonchev–Trinajstić information content (AvgIpc) is 2.64. The molecule has 2 atom stereocenters. The van der Waals surface area contributed by atoms with Crippen molar-refractivity contribution >= 4 is 0 Å². The number of rotatable bonds is 2. The first-order chi connectivity index (χ1) is 7.63. The molecule has 1 aromatic rings. The second-order valence-electron chi connectivity index (χ2n) is 5.25. The van der Waals surface area contributed by atoms with Gasteiger partial charge in [-0.1, -0.05) is 19.8 Å². The molecule has 1 fully saturated rings. The molecule has 0 aliphatic heterocycles. The highest BCUT2D eigenvalue weighted by atomic mass is 15.2. The molecule has 3 heteroatoms. The molecular formula is C13H19N3. The van der Waals surface area contributed by atoms with Crippen molar-refractivity contribution in [2.24, 2.45) is 18.4 Å². The summed E-state index contributed by atoms with van der Waals surface area (Å²) in [7, 11) is 1.92. The lowest BCUT2D eigenvalue weighted by molar-refractivity contribution is 0.208. The molecule has 1 aliphatic carbocycles. The van der Waals surface area contributed by atoms with Gasteiger partial charge in [0.15, 0.2) is 0 Å². The Morgan fingerprint density at radius 2 is 2.50 bits per heavy atom. The van der Waals surface area contributed by atoms with Gasteiger partial charge in [-0.3, -0.25) is 4.68 Å². The topological polar surface area (TPSA) is 41.6 Å². The fourth-order valence-electron chi connectivity index (χ4n) is 2.87. The summed E-state index contributed by atoms with van der Waals surface area (Å²) < 4.78 is 1.81. The van der Waals surface area contributed by atoms with E-state index in [-0.39, 0.29) is 5.41 Å². The molecule has 1 saturated carbocycles. The van der Waals surface area contributed by atoms with Gasteiger partial charge in [0.05, 0.1) is 17.2 Å². The lowest BCUT2D eigenvalue weighted by Gasteiger charge is -2.33. The van der Waals surface area contributed by atoms with E-state index in [9.17, 15) is 5.26 Å². The van der Waals surface area contributed by atoms with E-state index in [1.807, 2.05) is 24.0 Å². The van der Waals surface area contributed by atoms with E-state index in [4.69, 9.17) is 0 Å². The van der Waals surface area contributed by atoms with Gasteiger partial charge >= 0.3 is 0 Å². The lowest BCUT2D eigenvalue weighted by Crippen LogP contribution is -2.28. The standard InChI is InChI=1S/C13H19N3/c1-11-4-3-6-13(8-11,10-14)9-12-5-7-16(2)15-12/h5,7,11H,3-4,6,8-9H2,1-2H3. The minimum Gasteiger partial charge on any atom is -0.276 e. The molecular weight excluding hydrogens is 198 g/mol. The Kier molecular flexibility index (Phi) is 3.00. The Morgan fingerprint density at radius 1 is 1.69 bits per heavy atom. The van der Waals surface area contributed by atoms with Crippen molar-refractivity contribution in [3.05, 3.63) is 18.0 Å². The smallest absolute Gasteiger partial charge is 0.0693 e. The Morgan fingerprint density at radius 3 is 3.06 bits per heavy atom. The van der Waals surface area contributed by atoms with Crippen LogP contribution in [0.2, 0.25) is 0 Å². The first-order valence-corrected chi connectivity index (χ1v) is 6.03. The number of aryl methyl sites for hydroxylation is 1. The largest absolute Gasteiger partial charge is 0.276 e. The third-order valence-corrected chi connectivity index (χ3v) is 3.62. The minimum absolute atomic E-state index is 0.161. The van der Waals surface area contributed by atoms with Crippen LogP contribution in [0.5, 0.6) is 0 Å². The summed E-state index contributed by atoms with van der Waals surface area (Å²) in [5, 5.41) is 13.8. The maximum absolute atomic E-state index is 9.44. The lowest BCUT2D eigenvalue weighted by atomic mass is 9.69. The van der Waals surface area contributed by atoms with Crippen molar-refractivity contribution in [3.8, 4) is 6.07 Å². The van der Waals surface area contributed by atoms with Crippen LogP contribution >= 0.6 is 0 Å². The molecule has 16 heavy (non-hydrogen) atoms. The predicted molar refractivity (Wildman–Crippen MR) is 62.6 cm³/mol. The summed E-state index contributed by atoms with van der Waals surface area (Å²) in [6, 6.07) is 4.58. The van der Waals surface area contributed by atoms with Crippen molar-refractivity contribution in [1.29, 1.82) is 5.26 Å². The summed E-state index contributed by atoms with van der Waals surface area (Å²) in [6.45, 7) is 2.25. The first-order valence-electron chi connectivity index (χ1n) is 6.03. The van der Waals surface area contributed by atoms with Crippen molar-refractivity contribution in [2.75, 3.05) is 0 Å². The van der Waals surface area contributed by atoms with E-state index < -0.39 is 0 Å². The molecule has 1 aromatic heterocycles. The zero-order valence-corrected chi connectivity index (χ0v) is 10.1. The van der Waals surface area contributed by atoms with Gasteiger partial charge in [-0.05, 0) is 24.8 Å². The number of aromatic nitrogens is 2. The number of nitriles is 1. The van der Waals surface area contributed by atoms with Crippen LogP contribution in [0.15, 0.2) is 12.3 Å². The number of hydrogen-bond donors (Lipinski definition) is 0. The summed E-state index contributed by atoms with van der Waals surface area (Å²) >= 11 is 0. The van der Waals surface area contributed by atoms with Gasteiger partial charge in [0.25, 0.3) is 0 Å². The number of hydrogen-bond acceptors (Lipinski definition) is 2. The van der Waals surface area contributed by atoms with Gasteiger partial charge in [-0.2, -0.15) is 10.4 Å². The normalized spacial score (nSPS) is 29.9. The van der Waals surface area contributed by atoms with Gasteiger partial charge < -0.3 is 0 Å². The van der Waals surface area contributed by atoms with Crippen LogP contribution < -0.4 is 0 Å². The minimum atomic E-state index is -0.161. The summed E-state index contributed by atoms with van der Waals surface area (Å²) in [5.74, 6) is 0.678. The maximum atomic E-state index is 9.44. The molecule has 2 unspecified atom stereocenters. The highest BCUT2D eigenvalue weighted by Crippen LogP contribution is 2.41. The highest BCUT2D eigenvalue weighted by molar-refractivity contribution is 5.11. The van der Waals surface area contributed by atoms with E-state index in [1.165, 1.54) is 12.8 Å². The molecule has 0 N–H and O–H groups in total. The van der Waals surface area contributed by atoms with Crippen LogP contribution in [0, 0.1) is 22.7 Å². The molecule has 1 aliphatic rings. The maximum Gasteiger partial charge on any atom is 0.0693 e. The van der Waals surface area contributed by atoms with Crippen molar-refractivity contribution in [1.82, 2.24) is 9.78 Å². The average molecular weight is 217 g/mol. The molecule has 2 rings (SSSR count). The summed E-state index contributed by atoms with van der Waals surface area (Å²) in [6.07, 6.45) is 7.28. The van der Waals surface area contributed by atoms with E-state index in [1.54, 1.807) is 0 Å². The van der Waals surface area contributed by atoms with Gasteiger partial charge in [-0.25, -0.2) is 0 Å². The quantitative estimate of drug-likeness (QED) is 0.764. The highest BCUT2D eigenvalue weighted by Gasteiger charge is 2.35. The van der Waals surface area contributed by atoms with Crippen LogP contribution in [0.3, 0.4) is 0 Å². The van der Waals surface area contributed by atoms with Crippen LogP contribution in [0.4, 0.5) is 0 Å². The Bertz CT molecular complexity index is 402. The van der Waals surface area contributed by atoms with Gasteiger partial charge in [0.2, 0.25) is 0 Å². The molecule has 0 spiro atoms. The van der Waals surface area contributed by atoms with E-state index in [2.05, 4.69) is 18.1 Å². The summed E-state index contributed by atoms with van der Waals surface area (Å²) in [5.41, 5.74) is 0.893. The molecule has 0 saturated heterocycles. The molecule has 1 heterocycles. The van der Waals surface area contributed by atoms with E-state index >= 15 is 0 Å². The molecule has 0 amide bonds. The predicted octanol–water partition coefficient (Wildman–Crippen LogP) is 2.68. The monoisotopic (exact) mass is 217 g/mol. The molecule has 3 nitrogen and oxygen atoms in total. The Labute approximate surface area is 97.1 Å². The summed E-state index contributed by atoms with van der Waals surface area (Å²) in [4.78, 5) is 0. The van der Waals surface area contributed by atoms with Gasteiger partial charge in [0, 0.05) is 19.7 Å². The SMILES string of the molecule is CC1CCCC(C#N)(Cc2ccn(C)n2)C1. The fourth-order valence-corrected chi connectivity index (χ4v) is 2.87. The third kappa shape index (κ3) is 2.27. The van der Waals surface area contributed by atoms with Crippen LogP contribution in [0.1, 0.15) is 38.3 Å². The Hall–Kier alpha value is -1.30. The van der Waals surface area contributed by atoms with Gasteiger partial charge in [-0.15, -0.1) is 0 Å². The van der Waals surface area contributed by atoms with E-state index in [0.717, 1.165) is 25.0 Å². The molecule has 0 bridgehead atoms. The molecule has 0 aromatic carbocycles. The zero-order chi connectivity index (χ0) is 11.6. The molecule has 0 radical (unpaired) electrons. The zero-order valence-electron chi connectivity index (χ0n) is 10.1. The second kappa shape index (κ2) is 4.29.